The molecular weight excluding hydrogens is 368 g/mol. The number of unbranched alkanes of at least 4 members (excludes halogenated alkanes) is 1. The van der Waals surface area contributed by atoms with Gasteiger partial charge in [0.15, 0.2) is 11.5 Å². The molecule has 3 heterocycles. The van der Waals surface area contributed by atoms with Crippen LogP contribution in [-0.4, -0.2) is 48.3 Å². The highest BCUT2D eigenvalue weighted by Crippen LogP contribution is 2.24. The second kappa shape index (κ2) is 8.24. The van der Waals surface area contributed by atoms with E-state index in [1.54, 1.807) is 29.5 Å². The highest BCUT2D eigenvalue weighted by atomic mass is 16.3. The minimum atomic E-state index is -0.263. The number of hydrogen-bond acceptors (Lipinski definition) is 5. The van der Waals surface area contributed by atoms with E-state index >= 15 is 0 Å². The number of aliphatic hydroxyl groups is 1. The SMILES string of the molecule is Cc1ccc(-n2nccc2-c2nc(C(=O)NCCCCO)c3cnccn23)cc1. The lowest BCUT2D eigenvalue weighted by Gasteiger charge is -2.07. The van der Waals surface area contributed by atoms with E-state index in [9.17, 15) is 4.79 Å². The Balaban J connectivity index is 1.74. The standard InChI is InChI=1S/C21H22N6O2/c1-15-4-6-16(7-5-15)27-17(8-10-24-27)20-25-19(18-14-22-11-12-26(18)20)21(29)23-9-2-3-13-28/h4-8,10-12,14,28H,2-3,9,13H2,1H3,(H,23,29). The first-order valence-electron chi connectivity index (χ1n) is 9.51. The number of benzene rings is 1. The van der Waals surface area contributed by atoms with Crippen molar-refractivity contribution in [1.82, 2.24) is 29.5 Å². The summed E-state index contributed by atoms with van der Waals surface area (Å²) in [5.41, 5.74) is 3.79. The average molecular weight is 390 g/mol. The van der Waals surface area contributed by atoms with Gasteiger partial charge in [0.25, 0.3) is 5.91 Å². The van der Waals surface area contributed by atoms with Crippen molar-refractivity contribution in [3.8, 4) is 17.2 Å². The lowest BCUT2D eigenvalue weighted by atomic mass is 10.2. The molecule has 8 heteroatoms. The maximum atomic E-state index is 12.7. The molecule has 148 valence electrons. The van der Waals surface area contributed by atoms with Crippen LogP contribution in [0.4, 0.5) is 0 Å². The fourth-order valence-electron chi connectivity index (χ4n) is 3.17. The van der Waals surface area contributed by atoms with E-state index in [1.165, 1.54) is 5.56 Å². The lowest BCUT2D eigenvalue weighted by molar-refractivity contribution is 0.0949. The molecule has 0 saturated heterocycles. The van der Waals surface area contributed by atoms with Crippen LogP contribution < -0.4 is 5.32 Å². The van der Waals surface area contributed by atoms with Crippen LogP contribution in [-0.2, 0) is 0 Å². The number of aromatic nitrogens is 5. The van der Waals surface area contributed by atoms with E-state index in [2.05, 4.69) is 20.4 Å². The van der Waals surface area contributed by atoms with E-state index in [0.717, 1.165) is 11.4 Å². The van der Waals surface area contributed by atoms with E-state index in [-0.39, 0.29) is 12.5 Å². The molecule has 0 aliphatic heterocycles. The van der Waals surface area contributed by atoms with Crippen LogP contribution in [0, 0.1) is 6.92 Å². The molecule has 0 aliphatic carbocycles. The van der Waals surface area contributed by atoms with Gasteiger partial charge in [-0.15, -0.1) is 0 Å². The van der Waals surface area contributed by atoms with Gasteiger partial charge in [-0.2, -0.15) is 5.10 Å². The van der Waals surface area contributed by atoms with Crippen LogP contribution >= 0.6 is 0 Å². The molecule has 0 aliphatic rings. The smallest absolute Gasteiger partial charge is 0.272 e. The van der Waals surface area contributed by atoms with Gasteiger partial charge in [-0.1, -0.05) is 17.7 Å². The fourth-order valence-corrected chi connectivity index (χ4v) is 3.17. The number of fused-ring (bicyclic) bond motifs is 1. The van der Waals surface area contributed by atoms with E-state index in [4.69, 9.17) is 5.11 Å². The summed E-state index contributed by atoms with van der Waals surface area (Å²) in [7, 11) is 0. The van der Waals surface area contributed by atoms with Gasteiger partial charge in [-0.05, 0) is 38.0 Å². The van der Waals surface area contributed by atoms with Crippen molar-refractivity contribution in [3.05, 3.63) is 66.4 Å². The summed E-state index contributed by atoms with van der Waals surface area (Å²) in [5.74, 6) is 0.349. The van der Waals surface area contributed by atoms with Crippen LogP contribution in [0.1, 0.15) is 28.9 Å². The van der Waals surface area contributed by atoms with Crippen LogP contribution in [0.3, 0.4) is 0 Å². The normalized spacial score (nSPS) is 11.1. The number of imidazole rings is 1. The van der Waals surface area contributed by atoms with Crippen molar-refractivity contribution in [1.29, 1.82) is 0 Å². The van der Waals surface area contributed by atoms with Gasteiger partial charge >= 0.3 is 0 Å². The molecule has 1 amide bonds. The minimum absolute atomic E-state index is 0.111. The van der Waals surface area contributed by atoms with Crippen molar-refractivity contribution >= 4 is 11.4 Å². The molecule has 0 unspecified atom stereocenters. The Morgan fingerprint density at radius 2 is 1.97 bits per heavy atom. The van der Waals surface area contributed by atoms with Crippen LogP contribution in [0.2, 0.25) is 0 Å². The number of hydrogen-bond donors (Lipinski definition) is 2. The molecule has 0 radical (unpaired) electrons. The number of rotatable bonds is 7. The van der Waals surface area contributed by atoms with Gasteiger partial charge in [-0.3, -0.25) is 14.2 Å². The Bertz CT molecular complexity index is 1130. The lowest BCUT2D eigenvalue weighted by Crippen LogP contribution is -2.25. The summed E-state index contributed by atoms with van der Waals surface area (Å²) < 4.78 is 3.65. The quantitative estimate of drug-likeness (QED) is 0.472. The highest BCUT2D eigenvalue weighted by Gasteiger charge is 2.21. The second-order valence-corrected chi connectivity index (χ2v) is 6.77. The Labute approximate surface area is 167 Å². The summed E-state index contributed by atoms with van der Waals surface area (Å²) in [6.45, 7) is 2.63. The molecule has 4 rings (SSSR count). The molecule has 0 atom stereocenters. The van der Waals surface area contributed by atoms with Gasteiger partial charge in [-0.25, -0.2) is 9.67 Å². The van der Waals surface area contributed by atoms with Crippen molar-refractivity contribution in [2.45, 2.75) is 19.8 Å². The van der Waals surface area contributed by atoms with E-state index in [1.807, 2.05) is 41.7 Å². The van der Waals surface area contributed by atoms with Gasteiger partial charge in [0.2, 0.25) is 0 Å². The Morgan fingerprint density at radius 1 is 1.14 bits per heavy atom. The summed E-state index contributed by atoms with van der Waals surface area (Å²) >= 11 is 0. The zero-order valence-electron chi connectivity index (χ0n) is 16.1. The summed E-state index contributed by atoms with van der Waals surface area (Å²) in [6.07, 6.45) is 8.14. The largest absolute Gasteiger partial charge is 0.396 e. The summed E-state index contributed by atoms with van der Waals surface area (Å²) in [4.78, 5) is 21.5. The number of carbonyl (C=O) groups is 1. The number of amides is 1. The predicted molar refractivity (Wildman–Crippen MR) is 109 cm³/mol. The molecule has 0 spiro atoms. The number of aliphatic hydroxyl groups excluding tert-OH is 1. The first-order chi connectivity index (χ1) is 14.2. The Morgan fingerprint density at radius 3 is 2.76 bits per heavy atom. The summed E-state index contributed by atoms with van der Waals surface area (Å²) in [6, 6.07) is 9.92. The number of nitrogens with zero attached hydrogens (tertiary/aromatic N) is 5. The highest BCUT2D eigenvalue weighted by molar-refractivity contribution is 5.99. The molecule has 0 bridgehead atoms. The van der Waals surface area contributed by atoms with Gasteiger partial charge in [0.05, 0.1) is 23.6 Å². The zero-order chi connectivity index (χ0) is 20.2. The van der Waals surface area contributed by atoms with Crippen molar-refractivity contribution in [2.24, 2.45) is 0 Å². The predicted octanol–water partition coefficient (Wildman–Crippen LogP) is 2.39. The van der Waals surface area contributed by atoms with Crippen LogP contribution in [0.15, 0.2) is 55.1 Å². The van der Waals surface area contributed by atoms with E-state index < -0.39 is 0 Å². The molecule has 0 saturated carbocycles. The van der Waals surface area contributed by atoms with Crippen LogP contribution in [0.25, 0.3) is 22.7 Å². The Hall–Kier alpha value is -3.52. The first kappa shape index (κ1) is 18.8. The fraction of sp³-hybridized carbons (Fsp3) is 0.238. The van der Waals surface area contributed by atoms with Crippen LogP contribution in [0.5, 0.6) is 0 Å². The zero-order valence-corrected chi connectivity index (χ0v) is 16.1. The minimum Gasteiger partial charge on any atom is -0.396 e. The third-order valence-electron chi connectivity index (χ3n) is 4.68. The number of nitrogens with one attached hydrogen (secondary N) is 1. The van der Waals surface area contributed by atoms with Crippen molar-refractivity contribution in [3.63, 3.8) is 0 Å². The number of aryl methyl sites for hydroxylation is 1. The maximum absolute atomic E-state index is 12.7. The summed E-state index contributed by atoms with van der Waals surface area (Å²) in [5, 5.41) is 16.2. The van der Waals surface area contributed by atoms with Crippen molar-refractivity contribution < 1.29 is 9.90 Å². The van der Waals surface area contributed by atoms with Gasteiger partial charge in [0, 0.05) is 25.5 Å². The second-order valence-electron chi connectivity index (χ2n) is 6.77. The average Bonchev–Trinajstić information content (AvgIpc) is 3.36. The Kier molecular flexibility index (Phi) is 5.35. The number of carbonyl (C=O) groups excluding carboxylic acids is 1. The van der Waals surface area contributed by atoms with Gasteiger partial charge in [0.1, 0.15) is 5.69 Å². The monoisotopic (exact) mass is 390 g/mol. The third-order valence-corrected chi connectivity index (χ3v) is 4.68. The topological polar surface area (TPSA) is 97.3 Å². The molecular formula is C21H22N6O2. The molecule has 8 nitrogen and oxygen atoms in total. The molecule has 0 fully saturated rings. The molecule has 4 aromatic rings. The van der Waals surface area contributed by atoms with Gasteiger partial charge < -0.3 is 10.4 Å². The van der Waals surface area contributed by atoms with Crippen molar-refractivity contribution in [2.75, 3.05) is 13.2 Å². The maximum Gasteiger partial charge on any atom is 0.272 e. The first-order valence-corrected chi connectivity index (χ1v) is 9.51. The third kappa shape index (κ3) is 3.74. The molecule has 2 N–H and O–H groups in total. The van der Waals surface area contributed by atoms with E-state index in [0.29, 0.717) is 36.4 Å². The molecule has 1 aromatic carbocycles. The molecule has 29 heavy (non-hydrogen) atoms. The molecule has 3 aromatic heterocycles.